The molecule has 0 bridgehead atoms. The molecular formula is C18H21NO3. The van der Waals surface area contributed by atoms with Crippen molar-refractivity contribution in [3.05, 3.63) is 59.7 Å². The third kappa shape index (κ3) is 4.52. The average Bonchev–Trinajstić information content (AvgIpc) is 2.56. The van der Waals surface area contributed by atoms with Gasteiger partial charge < -0.3 is 14.8 Å². The molecule has 2 aromatic carbocycles. The molecule has 0 aromatic heterocycles. The van der Waals surface area contributed by atoms with E-state index in [4.69, 9.17) is 9.47 Å². The highest BCUT2D eigenvalue weighted by atomic mass is 16.5. The topological polar surface area (TPSA) is 47.6 Å². The quantitative estimate of drug-likeness (QED) is 0.854. The highest BCUT2D eigenvalue weighted by Crippen LogP contribution is 2.13. The molecule has 0 unspecified atom stereocenters. The summed E-state index contributed by atoms with van der Waals surface area (Å²) in [5.41, 5.74) is 1.80. The Labute approximate surface area is 131 Å². The van der Waals surface area contributed by atoms with Gasteiger partial charge in [-0.1, -0.05) is 12.1 Å². The maximum atomic E-state index is 12.0. The zero-order chi connectivity index (χ0) is 15.8. The molecule has 116 valence electrons. The van der Waals surface area contributed by atoms with Crippen LogP contribution in [-0.2, 0) is 6.42 Å². The lowest BCUT2D eigenvalue weighted by Gasteiger charge is -2.07. The lowest BCUT2D eigenvalue weighted by atomic mass is 10.1. The summed E-state index contributed by atoms with van der Waals surface area (Å²) in [6.07, 6.45) is 0.784. The summed E-state index contributed by atoms with van der Waals surface area (Å²) in [6.45, 7) is 3.14. The summed E-state index contributed by atoms with van der Waals surface area (Å²) in [4.78, 5) is 12.0. The van der Waals surface area contributed by atoms with Crippen LogP contribution < -0.4 is 14.8 Å². The Morgan fingerprint density at radius 3 is 2.23 bits per heavy atom. The SMILES string of the molecule is CCOc1ccc(C(=O)NCCc2ccc(OC)cc2)cc1. The number of carbonyl (C=O) groups excluding carboxylic acids is 1. The maximum absolute atomic E-state index is 12.0. The van der Waals surface area contributed by atoms with Crippen molar-refractivity contribution in [1.82, 2.24) is 5.32 Å². The molecule has 22 heavy (non-hydrogen) atoms. The van der Waals surface area contributed by atoms with Gasteiger partial charge in [0.2, 0.25) is 0 Å². The fourth-order valence-corrected chi connectivity index (χ4v) is 2.08. The normalized spacial score (nSPS) is 10.1. The molecule has 0 spiro atoms. The Morgan fingerprint density at radius 1 is 1.00 bits per heavy atom. The molecule has 2 rings (SSSR count). The van der Waals surface area contributed by atoms with Crippen LogP contribution in [0, 0.1) is 0 Å². The van der Waals surface area contributed by atoms with Crippen LogP contribution >= 0.6 is 0 Å². The molecule has 0 atom stereocenters. The zero-order valence-electron chi connectivity index (χ0n) is 13.0. The van der Waals surface area contributed by atoms with E-state index in [9.17, 15) is 4.79 Å². The van der Waals surface area contributed by atoms with Crippen molar-refractivity contribution in [2.75, 3.05) is 20.3 Å². The van der Waals surface area contributed by atoms with Crippen molar-refractivity contribution in [3.63, 3.8) is 0 Å². The van der Waals surface area contributed by atoms with Crippen LogP contribution in [-0.4, -0.2) is 26.2 Å². The first-order valence-corrected chi connectivity index (χ1v) is 7.37. The van der Waals surface area contributed by atoms with Crippen LogP contribution in [0.5, 0.6) is 11.5 Å². The van der Waals surface area contributed by atoms with E-state index in [0.29, 0.717) is 18.7 Å². The Bertz CT molecular complexity index is 591. The Balaban J connectivity index is 1.81. The summed E-state index contributed by atoms with van der Waals surface area (Å²) in [5.74, 6) is 1.54. The van der Waals surface area contributed by atoms with Crippen molar-refractivity contribution in [2.24, 2.45) is 0 Å². The number of methoxy groups -OCH3 is 1. The second kappa shape index (κ2) is 8.08. The van der Waals surface area contributed by atoms with Gasteiger partial charge in [0.1, 0.15) is 11.5 Å². The number of hydrogen-bond donors (Lipinski definition) is 1. The van der Waals surface area contributed by atoms with Gasteiger partial charge in [0.05, 0.1) is 13.7 Å². The molecule has 4 nitrogen and oxygen atoms in total. The molecule has 0 saturated heterocycles. The number of amides is 1. The maximum Gasteiger partial charge on any atom is 0.251 e. The van der Waals surface area contributed by atoms with E-state index in [2.05, 4.69) is 5.32 Å². The van der Waals surface area contributed by atoms with Crippen molar-refractivity contribution < 1.29 is 14.3 Å². The van der Waals surface area contributed by atoms with E-state index in [1.807, 2.05) is 43.3 Å². The van der Waals surface area contributed by atoms with Crippen LogP contribution in [0.3, 0.4) is 0 Å². The highest BCUT2D eigenvalue weighted by Gasteiger charge is 2.05. The first-order chi connectivity index (χ1) is 10.7. The number of rotatable bonds is 7. The molecule has 0 saturated carbocycles. The number of benzene rings is 2. The van der Waals surface area contributed by atoms with Crippen LogP contribution in [0.15, 0.2) is 48.5 Å². The molecule has 0 aliphatic heterocycles. The predicted octanol–water partition coefficient (Wildman–Crippen LogP) is 3.07. The number of hydrogen-bond acceptors (Lipinski definition) is 3. The molecule has 0 aliphatic rings. The fraction of sp³-hybridized carbons (Fsp3) is 0.278. The average molecular weight is 299 g/mol. The van der Waals surface area contributed by atoms with E-state index in [-0.39, 0.29) is 5.91 Å². The van der Waals surface area contributed by atoms with Gasteiger partial charge >= 0.3 is 0 Å². The van der Waals surface area contributed by atoms with Crippen LogP contribution in [0.1, 0.15) is 22.8 Å². The van der Waals surface area contributed by atoms with Gasteiger partial charge in [0.15, 0.2) is 0 Å². The lowest BCUT2D eigenvalue weighted by molar-refractivity contribution is 0.0954. The van der Waals surface area contributed by atoms with Gasteiger partial charge in [0.25, 0.3) is 5.91 Å². The van der Waals surface area contributed by atoms with Gasteiger partial charge in [0, 0.05) is 12.1 Å². The minimum Gasteiger partial charge on any atom is -0.497 e. The molecule has 1 amide bonds. The largest absolute Gasteiger partial charge is 0.497 e. The Kier molecular flexibility index (Phi) is 5.83. The number of nitrogens with one attached hydrogen (secondary N) is 1. The molecule has 0 fully saturated rings. The van der Waals surface area contributed by atoms with Gasteiger partial charge in [-0.2, -0.15) is 0 Å². The lowest BCUT2D eigenvalue weighted by Crippen LogP contribution is -2.25. The van der Waals surface area contributed by atoms with Gasteiger partial charge in [-0.3, -0.25) is 4.79 Å². The van der Waals surface area contributed by atoms with E-state index in [0.717, 1.165) is 23.5 Å². The number of carbonyl (C=O) groups is 1. The van der Waals surface area contributed by atoms with E-state index in [1.165, 1.54) is 0 Å². The van der Waals surface area contributed by atoms with Crippen LogP contribution in [0.25, 0.3) is 0 Å². The van der Waals surface area contributed by atoms with E-state index < -0.39 is 0 Å². The predicted molar refractivity (Wildman–Crippen MR) is 86.6 cm³/mol. The third-order valence-electron chi connectivity index (χ3n) is 3.29. The van der Waals surface area contributed by atoms with Crippen LogP contribution in [0.2, 0.25) is 0 Å². The Morgan fingerprint density at radius 2 is 1.64 bits per heavy atom. The first kappa shape index (κ1) is 15.9. The van der Waals surface area contributed by atoms with Crippen molar-refractivity contribution in [3.8, 4) is 11.5 Å². The van der Waals surface area contributed by atoms with E-state index in [1.54, 1.807) is 19.2 Å². The second-order valence-corrected chi connectivity index (χ2v) is 4.81. The third-order valence-corrected chi connectivity index (χ3v) is 3.29. The minimum atomic E-state index is -0.0726. The van der Waals surface area contributed by atoms with Crippen molar-refractivity contribution >= 4 is 5.91 Å². The van der Waals surface area contributed by atoms with Gasteiger partial charge in [-0.25, -0.2) is 0 Å². The van der Waals surface area contributed by atoms with Gasteiger partial charge in [-0.15, -0.1) is 0 Å². The molecule has 4 heteroatoms. The molecular weight excluding hydrogens is 278 g/mol. The number of ether oxygens (including phenoxy) is 2. The highest BCUT2D eigenvalue weighted by molar-refractivity contribution is 5.94. The summed E-state index contributed by atoms with van der Waals surface area (Å²) in [7, 11) is 1.64. The van der Waals surface area contributed by atoms with Crippen molar-refractivity contribution in [2.45, 2.75) is 13.3 Å². The molecule has 0 radical (unpaired) electrons. The summed E-state index contributed by atoms with van der Waals surface area (Å²) >= 11 is 0. The molecule has 2 aromatic rings. The molecule has 0 heterocycles. The van der Waals surface area contributed by atoms with Gasteiger partial charge in [-0.05, 0) is 55.3 Å². The Hall–Kier alpha value is -2.49. The standard InChI is InChI=1S/C18H21NO3/c1-3-22-17-10-6-15(7-11-17)18(20)19-13-12-14-4-8-16(21-2)9-5-14/h4-11H,3,12-13H2,1-2H3,(H,19,20). The summed E-state index contributed by atoms with van der Waals surface area (Å²) in [6, 6.07) is 15.0. The smallest absolute Gasteiger partial charge is 0.251 e. The summed E-state index contributed by atoms with van der Waals surface area (Å²) < 4.78 is 10.5. The zero-order valence-corrected chi connectivity index (χ0v) is 13.0. The van der Waals surface area contributed by atoms with Crippen molar-refractivity contribution in [1.29, 1.82) is 0 Å². The van der Waals surface area contributed by atoms with E-state index >= 15 is 0 Å². The first-order valence-electron chi connectivity index (χ1n) is 7.37. The molecule has 0 aliphatic carbocycles. The monoisotopic (exact) mass is 299 g/mol. The molecule has 1 N–H and O–H groups in total. The summed E-state index contributed by atoms with van der Waals surface area (Å²) in [5, 5.41) is 2.92. The second-order valence-electron chi connectivity index (χ2n) is 4.81. The minimum absolute atomic E-state index is 0.0726. The van der Waals surface area contributed by atoms with Crippen LogP contribution in [0.4, 0.5) is 0 Å². The fourth-order valence-electron chi connectivity index (χ4n) is 2.08.